The third-order valence-corrected chi connectivity index (χ3v) is 4.74. The molecule has 2 aromatic rings. The third-order valence-electron chi connectivity index (χ3n) is 4.25. The molecule has 146 valence electrons. The second-order valence-corrected chi connectivity index (χ2v) is 6.89. The molecule has 1 aliphatic rings. The molecular formula is C20H19BrN2O5. The van der Waals surface area contributed by atoms with Gasteiger partial charge in [0.05, 0.1) is 31.0 Å². The molecule has 3 N–H and O–H groups in total. The number of hydrogen-bond acceptors (Lipinski definition) is 5. The van der Waals surface area contributed by atoms with Gasteiger partial charge in [-0.3, -0.25) is 0 Å². The normalized spacial score (nSPS) is 16.2. The monoisotopic (exact) mass is 446 g/mol. The number of nitrogens with one attached hydrogen (secondary N) is 2. The van der Waals surface area contributed by atoms with E-state index in [1.807, 2.05) is 0 Å². The summed E-state index contributed by atoms with van der Waals surface area (Å²) in [4.78, 5) is 25.2. The van der Waals surface area contributed by atoms with Crippen molar-refractivity contribution in [1.82, 2.24) is 10.6 Å². The highest BCUT2D eigenvalue weighted by Crippen LogP contribution is 2.37. The van der Waals surface area contributed by atoms with Crippen molar-refractivity contribution in [3.8, 4) is 11.5 Å². The molecule has 1 aliphatic heterocycles. The quantitative estimate of drug-likeness (QED) is 0.610. The zero-order chi connectivity index (χ0) is 20.3. The Kier molecular flexibility index (Phi) is 5.89. The van der Waals surface area contributed by atoms with Crippen LogP contribution in [-0.2, 0) is 9.53 Å². The van der Waals surface area contributed by atoms with Crippen LogP contribution in [0.4, 0.5) is 4.79 Å². The van der Waals surface area contributed by atoms with Crippen molar-refractivity contribution < 1.29 is 24.2 Å². The number of amides is 2. The number of urea groups is 1. The van der Waals surface area contributed by atoms with Gasteiger partial charge in [-0.25, -0.2) is 9.59 Å². The van der Waals surface area contributed by atoms with Crippen LogP contribution < -0.4 is 15.4 Å². The molecule has 1 atom stereocenters. The van der Waals surface area contributed by atoms with Crippen molar-refractivity contribution in [2.75, 3.05) is 13.7 Å². The first kappa shape index (κ1) is 19.8. The fourth-order valence-corrected chi connectivity index (χ4v) is 3.35. The molecule has 1 unspecified atom stereocenters. The standard InChI is InChI=1S/C20H19BrN2O5/c1-3-28-19(25)16-17(11-4-7-13(27-2)8-5-11)22-20(26)23-18(16)14-10-12(21)6-9-15(14)24/h4-10,18,24H,3H2,1-2H3,(H2,22,23,26). The predicted octanol–water partition coefficient (Wildman–Crippen LogP) is 3.49. The molecule has 0 aliphatic carbocycles. The summed E-state index contributed by atoms with van der Waals surface area (Å²) < 4.78 is 11.1. The number of phenols is 1. The van der Waals surface area contributed by atoms with Gasteiger partial charge in [0.2, 0.25) is 0 Å². The van der Waals surface area contributed by atoms with Gasteiger partial charge in [-0.1, -0.05) is 15.9 Å². The maximum absolute atomic E-state index is 12.8. The third kappa shape index (κ3) is 3.96. The Morgan fingerprint density at radius 3 is 2.57 bits per heavy atom. The van der Waals surface area contributed by atoms with Crippen molar-refractivity contribution in [3.05, 3.63) is 63.6 Å². The highest BCUT2D eigenvalue weighted by atomic mass is 79.9. The van der Waals surface area contributed by atoms with Crippen molar-refractivity contribution in [2.45, 2.75) is 13.0 Å². The largest absolute Gasteiger partial charge is 0.508 e. The Morgan fingerprint density at radius 2 is 1.93 bits per heavy atom. The lowest BCUT2D eigenvalue weighted by Gasteiger charge is -2.30. The van der Waals surface area contributed by atoms with Gasteiger partial charge in [0.15, 0.2) is 0 Å². The second kappa shape index (κ2) is 8.35. The number of benzene rings is 2. The Hall–Kier alpha value is -3.00. The zero-order valence-corrected chi connectivity index (χ0v) is 16.9. The van der Waals surface area contributed by atoms with Gasteiger partial charge in [0.25, 0.3) is 0 Å². The lowest BCUT2D eigenvalue weighted by molar-refractivity contribution is -0.138. The van der Waals surface area contributed by atoms with E-state index in [0.29, 0.717) is 27.0 Å². The van der Waals surface area contributed by atoms with E-state index in [1.165, 1.54) is 6.07 Å². The van der Waals surface area contributed by atoms with Gasteiger partial charge in [0, 0.05) is 10.0 Å². The van der Waals surface area contributed by atoms with Crippen LogP contribution in [0.15, 0.2) is 52.5 Å². The van der Waals surface area contributed by atoms with Gasteiger partial charge < -0.3 is 25.2 Å². The van der Waals surface area contributed by atoms with E-state index in [2.05, 4.69) is 26.6 Å². The van der Waals surface area contributed by atoms with Gasteiger partial charge >= 0.3 is 12.0 Å². The first-order valence-electron chi connectivity index (χ1n) is 8.56. The Morgan fingerprint density at radius 1 is 1.21 bits per heavy atom. The van der Waals surface area contributed by atoms with Gasteiger partial charge in [0.1, 0.15) is 11.5 Å². The van der Waals surface area contributed by atoms with Crippen LogP contribution in [-0.4, -0.2) is 30.8 Å². The molecule has 0 spiro atoms. The summed E-state index contributed by atoms with van der Waals surface area (Å²) in [5.41, 5.74) is 1.49. The number of methoxy groups -OCH3 is 1. The summed E-state index contributed by atoms with van der Waals surface area (Å²) >= 11 is 3.36. The number of esters is 1. The number of ether oxygens (including phenoxy) is 2. The Bertz CT molecular complexity index is 940. The molecule has 0 aromatic heterocycles. The van der Waals surface area contributed by atoms with Crippen LogP contribution in [0.3, 0.4) is 0 Å². The van der Waals surface area contributed by atoms with Crippen LogP contribution in [0.2, 0.25) is 0 Å². The van der Waals surface area contributed by atoms with Crippen LogP contribution in [0.1, 0.15) is 24.1 Å². The molecule has 0 saturated carbocycles. The Balaban J connectivity index is 2.20. The molecule has 2 amide bonds. The molecule has 0 radical (unpaired) electrons. The van der Waals surface area contributed by atoms with E-state index in [9.17, 15) is 14.7 Å². The molecule has 3 rings (SSSR count). The van der Waals surface area contributed by atoms with E-state index in [4.69, 9.17) is 9.47 Å². The first-order chi connectivity index (χ1) is 13.4. The maximum atomic E-state index is 12.8. The molecule has 2 aromatic carbocycles. The number of carbonyl (C=O) groups is 2. The van der Waals surface area contributed by atoms with E-state index < -0.39 is 18.0 Å². The molecule has 1 heterocycles. The van der Waals surface area contributed by atoms with Crippen LogP contribution in [0.5, 0.6) is 11.5 Å². The van der Waals surface area contributed by atoms with Crippen molar-refractivity contribution >= 4 is 33.6 Å². The number of halogens is 1. The van der Waals surface area contributed by atoms with E-state index in [0.717, 1.165) is 0 Å². The topological polar surface area (TPSA) is 96.9 Å². The van der Waals surface area contributed by atoms with Crippen molar-refractivity contribution in [1.29, 1.82) is 0 Å². The van der Waals surface area contributed by atoms with Gasteiger partial charge in [-0.05, 0) is 55.0 Å². The highest BCUT2D eigenvalue weighted by molar-refractivity contribution is 9.10. The van der Waals surface area contributed by atoms with E-state index >= 15 is 0 Å². The molecule has 8 heteroatoms. The number of aromatic hydroxyl groups is 1. The number of phenolic OH excluding ortho intramolecular Hbond substituents is 1. The highest BCUT2D eigenvalue weighted by Gasteiger charge is 2.35. The Labute approximate surface area is 170 Å². The summed E-state index contributed by atoms with van der Waals surface area (Å²) in [6, 6.07) is 10.3. The van der Waals surface area contributed by atoms with Gasteiger partial charge in [-0.15, -0.1) is 0 Å². The van der Waals surface area contributed by atoms with Gasteiger partial charge in [-0.2, -0.15) is 0 Å². The smallest absolute Gasteiger partial charge is 0.338 e. The minimum absolute atomic E-state index is 0.0497. The summed E-state index contributed by atoms with van der Waals surface area (Å²) in [7, 11) is 1.55. The fraction of sp³-hybridized carbons (Fsp3) is 0.200. The SMILES string of the molecule is CCOC(=O)C1=C(c2ccc(OC)cc2)NC(=O)NC1c1cc(Br)ccc1O. The van der Waals surface area contributed by atoms with Crippen LogP contribution in [0, 0.1) is 0 Å². The second-order valence-electron chi connectivity index (χ2n) is 5.97. The average Bonchev–Trinajstić information content (AvgIpc) is 2.69. The molecule has 7 nitrogen and oxygen atoms in total. The number of carbonyl (C=O) groups excluding carboxylic acids is 2. The first-order valence-corrected chi connectivity index (χ1v) is 9.35. The lowest BCUT2D eigenvalue weighted by Crippen LogP contribution is -2.45. The van der Waals surface area contributed by atoms with E-state index in [1.54, 1.807) is 50.4 Å². The number of rotatable bonds is 5. The molecule has 0 bridgehead atoms. The summed E-state index contributed by atoms with van der Waals surface area (Å²) in [6.07, 6.45) is 0. The van der Waals surface area contributed by atoms with E-state index in [-0.39, 0.29) is 17.9 Å². The summed E-state index contributed by atoms with van der Waals surface area (Å²) in [5, 5.41) is 15.7. The zero-order valence-electron chi connectivity index (χ0n) is 15.3. The predicted molar refractivity (Wildman–Crippen MR) is 107 cm³/mol. The summed E-state index contributed by atoms with van der Waals surface area (Å²) in [5.74, 6) is -0.0000435. The molecule has 0 fully saturated rings. The van der Waals surface area contributed by atoms with Crippen LogP contribution >= 0.6 is 15.9 Å². The minimum Gasteiger partial charge on any atom is -0.508 e. The van der Waals surface area contributed by atoms with Crippen LogP contribution in [0.25, 0.3) is 5.70 Å². The summed E-state index contributed by atoms with van der Waals surface area (Å²) in [6.45, 7) is 1.87. The molecular weight excluding hydrogens is 428 g/mol. The maximum Gasteiger partial charge on any atom is 0.338 e. The molecule has 0 saturated heterocycles. The van der Waals surface area contributed by atoms with Crippen molar-refractivity contribution in [3.63, 3.8) is 0 Å². The average molecular weight is 447 g/mol. The molecule has 28 heavy (non-hydrogen) atoms. The number of hydrogen-bond donors (Lipinski definition) is 3. The van der Waals surface area contributed by atoms with Crippen molar-refractivity contribution in [2.24, 2.45) is 0 Å². The minimum atomic E-state index is -0.887. The lowest BCUT2D eigenvalue weighted by atomic mass is 9.92. The fourth-order valence-electron chi connectivity index (χ4n) is 2.97.